The third-order valence-corrected chi connectivity index (χ3v) is 7.22. The molecule has 174 valence electrons. The number of nitrogens with one attached hydrogen (secondary N) is 1. The van der Waals surface area contributed by atoms with E-state index in [9.17, 15) is 12.8 Å². The minimum atomic E-state index is -3.99. The maximum atomic E-state index is 14.6. The topological polar surface area (TPSA) is 64.2 Å². The summed E-state index contributed by atoms with van der Waals surface area (Å²) < 4.78 is 48.6. The van der Waals surface area contributed by atoms with Crippen molar-refractivity contribution in [1.29, 1.82) is 0 Å². The molecule has 0 amide bonds. The normalized spacial score (nSPS) is 11.5. The molecule has 2 aromatic heterocycles. The lowest BCUT2D eigenvalue weighted by Crippen LogP contribution is -2.14. The van der Waals surface area contributed by atoms with Gasteiger partial charge in [-0.2, -0.15) is 0 Å². The summed E-state index contributed by atoms with van der Waals surface area (Å²) in [5.74, 6) is -0.481. The van der Waals surface area contributed by atoms with E-state index in [1.54, 1.807) is 55.8 Å². The van der Waals surface area contributed by atoms with Gasteiger partial charge < -0.3 is 9.73 Å². The fourth-order valence-corrected chi connectivity index (χ4v) is 5.40. The Balaban J connectivity index is 0.00000274. The monoisotopic (exact) mass is 496 g/mol. The second kappa shape index (κ2) is 9.46. The minimum absolute atomic E-state index is 0. The summed E-state index contributed by atoms with van der Waals surface area (Å²) in [6, 6.07) is 22.2. The summed E-state index contributed by atoms with van der Waals surface area (Å²) in [5, 5.41) is 3.95. The van der Waals surface area contributed by atoms with Crippen LogP contribution >= 0.6 is 12.4 Å². The Kier molecular flexibility index (Phi) is 6.61. The van der Waals surface area contributed by atoms with Crippen molar-refractivity contribution >= 4 is 33.4 Å². The standard InChI is InChI=1S/C26H21FN2O3S.ClH/c1-28-16-18-13-25(23-7-2-3-8-24(23)27)29(17-18)33(30,31)22-6-4-5-19(15-22)20-9-10-26-21(14-20)11-12-32-26;/h2-15,17,28H,16H2,1H3;1H. The number of hydrogen-bond donors (Lipinski definition) is 1. The highest BCUT2D eigenvalue weighted by Gasteiger charge is 2.23. The van der Waals surface area contributed by atoms with Gasteiger partial charge in [-0.25, -0.2) is 16.8 Å². The van der Waals surface area contributed by atoms with E-state index in [1.807, 2.05) is 30.3 Å². The average molecular weight is 497 g/mol. The van der Waals surface area contributed by atoms with Gasteiger partial charge in [0.1, 0.15) is 11.4 Å². The molecule has 0 unspecified atom stereocenters. The van der Waals surface area contributed by atoms with Gasteiger partial charge >= 0.3 is 0 Å². The molecule has 8 heteroatoms. The first kappa shape index (κ1) is 23.8. The van der Waals surface area contributed by atoms with Crippen LogP contribution in [0.3, 0.4) is 0 Å². The van der Waals surface area contributed by atoms with Gasteiger partial charge in [0.2, 0.25) is 0 Å². The summed E-state index contributed by atoms with van der Waals surface area (Å²) in [7, 11) is -2.22. The molecule has 0 radical (unpaired) electrons. The van der Waals surface area contributed by atoms with Crippen LogP contribution in [0, 0.1) is 5.82 Å². The Morgan fingerprint density at radius 2 is 1.74 bits per heavy atom. The molecule has 0 saturated carbocycles. The minimum Gasteiger partial charge on any atom is -0.464 e. The predicted molar refractivity (Wildman–Crippen MR) is 134 cm³/mol. The van der Waals surface area contributed by atoms with Gasteiger partial charge in [0.15, 0.2) is 0 Å². The zero-order chi connectivity index (χ0) is 23.0. The second-order valence-electron chi connectivity index (χ2n) is 7.75. The molecule has 34 heavy (non-hydrogen) atoms. The Morgan fingerprint density at radius 1 is 0.941 bits per heavy atom. The average Bonchev–Trinajstić information content (AvgIpc) is 3.47. The molecule has 1 N–H and O–H groups in total. The zero-order valence-corrected chi connectivity index (χ0v) is 19.9. The summed E-state index contributed by atoms with van der Waals surface area (Å²) >= 11 is 0. The van der Waals surface area contributed by atoms with Gasteiger partial charge in [-0.1, -0.05) is 30.3 Å². The van der Waals surface area contributed by atoms with Crippen molar-refractivity contribution in [2.45, 2.75) is 11.4 Å². The number of nitrogens with zero attached hydrogens (tertiary/aromatic N) is 1. The lowest BCUT2D eigenvalue weighted by Gasteiger charge is -2.12. The van der Waals surface area contributed by atoms with Crippen molar-refractivity contribution in [1.82, 2.24) is 9.29 Å². The number of benzene rings is 3. The molecule has 0 fully saturated rings. The van der Waals surface area contributed by atoms with Gasteiger partial charge in [0, 0.05) is 23.7 Å². The first-order chi connectivity index (χ1) is 16.0. The molecule has 5 aromatic rings. The second-order valence-corrected chi connectivity index (χ2v) is 9.56. The van der Waals surface area contributed by atoms with E-state index in [1.165, 1.54) is 12.3 Å². The third-order valence-electron chi connectivity index (χ3n) is 5.55. The molecule has 0 spiro atoms. The van der Waals surface area contributed by atoms with Crippen LogP contribution in [0.5, 0.6) is 0 Å². The molecule has 5 rings (SSSR count). The first-order valence-corrected chi connectivity index (χ1v) is 11.9. The van der Waals surface area contributed by atoms with Crippen LogP contribution in [0.1, 0.15) is 5.56 Å². The Bertz CT molecular complexity index is 1570. The smallest absolute Gasteiger partial charge is 0.268 e. The number of aromatic nitrogens is 1. The Morgan fingerprint density at radius 3 is 2.53 bits per heavy atom. The number of rotatable bonds is 6. The summed E-state index contributed by atoms with van der Waals surface area (Å²) in [6.07, 6.45) is 3.16. The summed E-state index contributed by atoms with van der Waals surface area (Å²) in [6.45, 7) is 0.453. The Hall–Kier alpha value is -3.39. The summed E-state index contributed by atoms with van der Waals surface area (Å²) in [5.41, 5.74) is 3.64. The largest absolute Gasteiger partial charge is 0.464 e. The van der Waals surface area contributed by atoms with Gasteiger partial charge in [-0.3, -0.25) is 0 Å². The van der Waals surface area contributed by atoms with Gasteiger partial charge in [-0.05, 0) is 72.3 Å². The number of furan rings is 1. The molecule has 0 aliphatic rings. The van der Waals surface area contributed by atoms with Gasteiger partial charge in [-0.15, -0.1) is 12.4 Å². The number of halogens is 2. The van der Waals surface area contributed by atoms with Gasteiger partial charge in [0.05, 0.1) is 16.9 Å². The van der Waals surface area contributed by atoms with Crippen LogP contribution < -0.4 is 5.32 Å². The molecule has 0 bridgehead atoms. The van der Waals surface area contributed by atoms with Crippen LogP contribution in [0.15, 0.2) is 101 Å². The van der Waals surface area contributed by atoms with Crippen molar-refractivity contribution in [2.24, 2.45) is 0 Å². The zero-order valence-electron chi connectivity index (χ0n) is 18.2. The van der Waals surface area contributed by atoms with E-state index < -0.39 is 15.8 Å². The van der Waals surface area contributed by atoms with Crippen LogP contribution in [-0.2, 0) is 16.6 Å². The van der Waals surface area contributed by atoms with Crippen molar-refractivity contribution in [3.8, 4) is 22.4 Å². The molecular formula is C26H22ClFN2O3S. The van der Waals surface area contributed by atoms with Crippen LogP contribution in [0.2, 0.25) is 0 Å². The van der Waals surface area contributed by atoms with E-state index in [0.717, 1.165) is 31.6 Å². The summed E-state index contributed by atoms with van der Waals surface area (Å²) in [4.78, 5) is 0.122. The van der Waals surface area contributed by atoms with Crippen LogP contribution in [0.25, 0.3) is 33.4 Å². The SMILES string of the molecule is CNCc1cc(-c2ccccc2F)n(S(=O)(=O)c2cccc(-c3ccc4occc4c3)c2)c1.Cl. The molecule has 3 aromatic carbocycles. The highest BCUT2D eigenvalue weighted by Crippen LogP contribution is 2.31. The highest BCUT2D eigenvalue weighted by atomic mass is 35.5. The number of hydrogen-bond acceptors (Lipinski definition) is 4. The molecule has 5 nitrogen and oxygen atoms in total. The van der Waals surface area contributed by atoms with Crippen molar-refractivity contribution < 1.29 is 17.2 Å². The van der Waals surface area contributed by atoms with Crippen molar-refractivity contribution in [2.75, 3.05) is 7.05 Å². The molecular weight excluding hydrogens is 475 g/mol. The molecule has 0 atom stereocenters. The van der Waals surface area contributed by atoms with Crippen LogP contribution in [0.4, 0.5) is 4.39 Å². The lowest BCUT2D eigenvalue weighted by molar-refractivity contribution is 0.587. The van der Waals surface area contributed by atoms with E-state index in [0.29, 0.717) is 6.54 Å². The first-order valence-electron chi connectivity index (χ1n) is 10.4. The van der Waals surface area contributed by atoms with E-state index in [2.05, 4.69) is 5.32 Å². The molecule has 2 heterocycles. The van der Waals surface area contributed by atoms with E-state index in [4.69, 9.17) is 4.42 Å². The van der Waals surface area contributed by atoms with Crippen molar-refractivity contribution in [3.63, 3.8) is 0 Å². The quantitative estimate of drug-likeness (QED) is 0.309. The van der Waals surface area contributed by atoms with Crippen LogP contribution in [-0.4, -0.2) is 19.4 Å². The van der Waals surface area contributed by atoms with Gasteiger partial charge in [0.25, 0.3) is 10.0 Å². The number of fused-ring (bicyclic) bond motifs is 1. The third kappa shape index (κ3) is 4.25. The molecule has 0 aliphatic heterocycles. The fraction of sp³-hybridized carbons (Fsp3) is 0.0769. The van der Waals surface area contributed by atoms with E-state index in [-0.39, 0.29) is 28.6 Å². The molecule has 0 saturated heterocycles. The maximum Gasteiger partial charge on any atom is 0.268 e. The maximum absolute atomic E-state index is 14.6. The predicted octanol–water partition coefficient (Wildman–Crippen LogP) is 6.09. The fourth-order valence-electron chi connectivity index (χ4n) is 3.96. The molecule has 0 aliphatic carbocycles. The Labute approximate surface area is 203 Å². The highest BCUT2D eigenvalue weighted by molar-refractivity contribution is 7.90. The van der Waals surface area contributed by atoms with Crippen molar-refractivity contribution in [3.05, 3.63) is 103 Å². The lowest BCUT2D eigenvalue weighted by atomic mass is 10.0. The van der Waals surface area contributed by atoms with E-state index >= 15 is 0 Å².